The Labute approximate surface area is 98.8 Å². The predicted octanol–water partition coefficient (Wildman–Crippen LogP) is 1.90. The summed E-state index contributed by atoms with van der Waals surface area (Å²) < 4.78 is 0. The van der Waals surface area contributed by atoms with E-state index in [1.807, 2.05) is 18.7 Å². The van der Waals surface area contributed by atoms with E-state index in [4.69, 9.17) is 0 Å². The topological polar surface area (TPSA) is 40.5 Å². The third-order valence-corrected chi connectivity index (χ3v) is 3.68. The van der Waals surface area contributed by atoms with Crippen molar-refractivity contribution in [1.29, 1.82) is 0 Å². The summed E-state index contributed by atoms with van der Waals surface area (Å²) in [5.74, 6) is 1.36. The standard InChI is InChI=1S/C13H25NO2/c1-9(2)11-5-7-14(8-6-11)13(16)12(15)10(3)4/h9-12,15H,5-8H2,1-4H3. The number of carbonyl (C=O) groups excluding carboxylic acids is 1. The van der Waals surface area contributed by atoms with Gasteiger partial charge >= 0.3 is 0 Å². The summed E-state index contributed by atoms with van der Waals surface area (Å²) in [5, 5.41) is 9.73. The highest BCUT2D eigenvalue weighted by Gasteiger charge is 2.29. The number of nitrogens with zero attached hydrogens (tertiary/aromatic N) is 1. The lowest BCUT2D eigenvalue weighted by molar-refractivity contribution is -0.144. The lowest BCUT2D eigenvalue weighted by Crippen LogP contribution is -2.46. The second kappa shape index (κ2) is 5.67. The van der Waals surface area contributed by atoms with Gasteiger partial charge in [0, 0.05) is 13.1 Å². The maximum Gasteiger partial charge on any atom is 0.251 e. The lowest BCUT2D eigenvalue weighted by Gasteiger charge is -2.35. The summed E-state index contributed by atoms with van der Waals surface area (Å²) in [7, 11) is 0. The molecule has 94 valence electrons. The Hall–Kier alpha value is -0.570. The molecule has 1 saturated heterocycles. The van der Waals surface area contributed by atoms with Gasteiger partial charge in [-0.15, -0.1) is 0 Å². The molecule has 1 heterocycles. The van der Waals surface area contributed by atoms with E-state index in [1.165, 1.54) is 0 Å². The number of amides is 1. The van der Waals surface area contributed by atoms with E-state index in [9.17, 15) is 9.90 Å². The minimum Gasteiger partial charge on any atom is -0.383 e. The van der Waals surface area contributed by atoms with Crippen LogP contribution >= 0.6 is 0 Å². The zero-order valence-corrected chi connectivity index (χ0v) is 10.9. The summed E-state index contributed by atoms with van der Waals surface area (Å²) in [4.78, 5) is 13.7. The monoisotopic (exact) mass is 227 g/mol. The molecule has 1 aliphatic rings. The van der Waals surface area contributed by atoms with E-state index in [0.29, 0.717) is 5.92 Å². The summed E-state index contributed by atoms with van der Waals surface area (Å²) in [6.07, 6.45) is 1.33. The molecule has 0 radical (unpaired) electrons. The Bertz CT molecular complexity index is 230. The minimum absolute atomic E-state index is 0.00956. The van der Waals surface area contributed by atoms with Crippen LogP contribution in [0.2, 0.25) is 0 Å². The quantitative estimate of drug-likeness (QED) is 0.800. The molecule has 0 bridgehead atoms. The zero-order valence-electron chi connectivity index (χ0n) is 10.9. The number of hydrogen-bond acceptors (Lipinski definition) is 2. The number of aliphatic hydroxyl groups is 1. The molecule has 1 unspecified atom stereocenters. The Morgan fingerprint density at radius 1 is 1.19 bits per heavy atom. The maximum atomic E-state index is 11.9. The van der Waals surface area contributed by atoms with Crippen molar-refractivity contribution in [2.45, 2.75) is 46.6 Å². The number of piperidine rings is 1. The largest absolute Gasteiger partial charge is 0.383 e. The van der Waals surface area contributed by atoms with E-state index in [-0.39, 0.29) is 11.8 Å². The number of rotatable bonds is 3. The van der Waals surface area contributed by atoms with Crippen molar-refractivity contribution in [1.82, 2.24) is 4.90 Å². The maximum absolute atomic E-state index is 11.9. The second-order valence-corrected chi connectivity index (χ2v) is 5.60. The predicted molar refractivity (Wildman–Crippen MR) is 65.0 cm³/mol. The van der Waals surface area contributed by atoms with Gasteiger partial charge in [-0.25, -0.2) is 0 Å². The molecule has 0 aromatic rings. The van der Waals surface area contributed by atoms with Crippen LogP contribution in [-0.2, 0) is 4.79 Å². The molecule has 3 nitrogen and oxygen atoms in total. The third kappa shape index (κ3) is 3.21. The summed E-state index contributed by atoms with van der Waals surface area (Å²) >= 11 is 0. The summed E-state index contributed by atoms with van der Waals surface area (Å²) in [5.41, 5.74) is 0. The average Bonchev–Trinajstić information content (AvgIpc) is 2.27. The smallest absolute Gasteiger partial charge is 0.251 e. The van der Waals surface area contributed by atoms with Crippen molar-refractivity contribution in [2.75, 3.05) is 13.1 Å². The van der Waals surface area contributed by atoms with E-state index in [0.717, 1.165) is 31.8 Å². The average molecular weight is 227 g/mol. The first-order valence-electron chi connectivity index (χ1n) is 6.40. The van der Waals surface area contributed by atoms with Crippen LogP contribution in [0.25, 0.3) is 0 Å². The van der Waals surface area contributed by atoms with Gasteiger partial charge in [-0.2, -0.15) is 0 Å². The molecule has 1 rings (SSSR count). The van der Waals surface area contributed by atoms with Gasteiger partial charge in [-0.1, -0.05) is 27.7 Å². The Morgan fingerprint density at radius 2 is 1.69 bits per heavy atom. The molecule has 0 saturated carbocycles. The van der Waals surface area contributed by atoms with Crippen molar-refractivity contribution >= 4 is 5.91 Å². The Kier molecular flexibility index (Phi) is 4.78. The van der Waals surface area contributed by atoms with Crippen LogP contribution in [0.3, 0.4) is 0 Å². The van der Waals surface area contributed by atoms with Crippen LogP contribution in [0.15, 0.2) is 0 Å². The van der Waals surface area contributed by atoms with Crippen molar-refractivity contribution in [2.24, 2.45) is 17.8 Å². The fourth-order valence-corrected chi connectivity index (χ4v) is 2.26. The van der Waals surface area contributed by atoms with Crippen LogP contribution < -0.4 is 0 Å². The molecule has 0 aromatic carbocycles. The number of carbonyl (C=O) groups is 1. The fraction of sp³-hybridized carbons (Fsp3) is 0.923. The number of hydrogen-bond donors (Lipinski definition) is 1. The van der Waals surface area contributed by atoms with Gasteiger partial charge in [0.15, 0.2) is 0 Å². The normalized spacial score (nSPS) is 20.6. The SMILES string of the molecule is CC(C)C1CCN(C(=O)C(O)C(C)C)CC1. The van der Waals surface area contributed by atoms with Crippen LogP contribution in [0.4, 0.5) is 0 Å². The van der Waals surface area contributed by atoms with Gasteiger partial charge in [-0.3, -0.25) is 4.79 Å². The van der Waals surface area contributed by atoms with Crippen LogP contribution in [0.5, 0.6) is 0 Å². The van der Waals surface area contributed by atoms with E-state index >= 15 is 0 Å². The van der Waals surface area contributed by atoms with Gasteiger partial charge < -0.3 is 10.0 Å². The molecule has 1 amide bonds. The van der Waals surface area contributed by atoms with E-state index in [2.05, 4.69) is 13.8 Å². The first-order chi connectivity index (χ1) is 7.43. The third-order valence-electron chi connectivity index (χ3n) is 3.68. The van der Waals surface area contributed by atoms with Gasteiger partial charge in [0.25, 0.3) is 5.91 Å². The highest BCUT2D eigenvalue weighted by molar-refractivity contribution is 5.81. The van der Waals surface area contributed by atoms with Crippen molar-refractivity contribution < 1.29 is 9.90 Å². The number of aliphatic hydroxyl groups excluding tert-OH is 1. The molecule has 1 N–H and O–H groups in total. The zero-order chi connectivity index (χ0) is 12.3. The molecule has 0 aliphatic carbocycles. The van der Waals surface area contributed by atoms with Crippen LogP contribution in [0.1, 0.15) is 40.5 Å². The minimum atomic E-state index is -0.824. The van der Waals surface area contributed by atoms with E-state index < -0.39 is 6.10 Å². The first-order valence-corrected chi connectivity index (χ1v) is 6.40. The first kappa shape index (κ1) is 13.5. The molecular formula is C13H25NO2. The highest BCUT2D eigenvalue weighted by atomic mass is 16.3. The molecule has 1 atom stereocenters. The van der Waals surface area contributed by atoms with Crippen molar-refractivity contribution in [3.8, 4) is 0 Å². The molecule has 3 heteroatoms. The molecule has 1 fully saturated rings. The lowest BCUT2D eigenvalue weighted by atomic mass is 9.86. The summed E-state index contributed by atoms with van der Waals surface area (Å²) in [6, 6.07) is 0. The Morgan fingerprint density at radius 3 is 2.06 bits per heavy atom. The highest BCUT2D eigenvalue weighted by Crippen LogP contribution is 2.25. The van der Waals surface area contributed by atoms with Crippen LogP contribution in [0, 0.1) is 17.8 Å². The van der Waals surface area contributed by atoms with Crippen molar-refractivity contribution in [3.63, 3.8) is 0 Å². The summed E-state index contributed by atoms with van der Waals surface area (Å²) in [6.45, 7) is 9.86. The fourth-order valence-electron chi connectivity index (χ4n) is 2.26. The molecule has 16 heavy (non-hydrogen) atoms. The van der Waals surface area contributed by atoms with Gasteiger partial charge in [0.2, 0.25) is 0 Å². The van der Waals surface area contributed by atoms with Gasteiger partial charge in [0.05, 0.1) is 0 Å². The molecule has 0 aromatic heterocycles. The van der Waals surface area contributed by atoms with Crippen LogP contribution in [-0.4, -0.2) is 35.1 Å². The van der Waals surface area contributed by atoms with Crippen molar-refractivity contribution in [3.05, 3.63) is 0 Å². The number of likely N-dealkylation sites (tertiary alicyclic amines) is 1. The molecule has 0 spiro atoms. The molecule has 1 aliphatic heterocycles. The van der Waals surface area contributed by atoms with Gasteiger partial charge in [0.1, 0.15) is 6.10 Å². The Balaban J connectivity index is 2.45. The second-order valence-electron chi connectivity index (χ2n) is 5.60. The van der Waals surface area contributed by atoms with Gasteiger partial charge in [-0.05, 0) is 30.6 Å². The van der Waals surface area contributed by atoms with E-state index in [1.54, 1.807) is 0 Å². The molecular weight excluding hydrogens is 202 g/mol.